The smallest absolute Gasteiger partial charge is 0.338 e. The van der Waals surface area contributed by atoms with Crippen LogP contribution in [-0.4, -0.2) is 24.3 Å². The molecule has 3 aromatic carbocycles. The molecule has 1 aromatic heterocycles. The summed E-state index contributed by atoms with van der Waals surface area (Å²) in [5.74, 6) is 0.736. The number of fused-ring (bicyclic) bond motifs is 1. The molecule has 1 aliphatic rings. The molecule has 0 aliphatic carbocycles. The molecule has 0 spiro atoms. The molecule has 4 aromatic rings. The molecule has 11 heteroatoms. The normalized spacial score (nSPS) is 14.7. The Kier molecular flexibility index (Phi) is 10.3. The van der Waals surface area contributed by atoms with Crippen LogP contribution in [0, 0.1) is 0 Å². The maximum Gasteiger partial charge on any atom is 0.338 e. The number of aromatic nitrogens is 1. The van der Waals surface area contributed by atoms with E-state index in [1.54, 1.807) is 42.9 Å². The highest BCUT2D eigenvalue weighted by Gasteiger charge is 2.34. The standard InChI is InChI=1S/C33H29BrCl2N2O5S/c1-4-8-25-29(32(40)42-5-2)30(21-12-14-27(41-3)22(34)16-21)38-31(39)28(44-33(38)37-25)17-20-9-6-7-10-26(20)43-18-19-11-13-23(35)24(36)15-19/h6-7,9-17,30H,4-5,8,18H2,1-3H3/b28-17-/t30-/m1/s1. The number of hydrogen-bond donors (Lipinski definition) is 0. The first kappa shape index (κ1) is 32.0. The quantitative estimate of drug-likeness (QED) is 0.162. The van der Waals surface area contributed by atoms with E-state index in [9.17, 15) is 9.59 Å². The largest absolute Gasteiger partial charge is 0.496 e. The minimum absolute atomic E-state index is 0.199. The maximum absolute atomic E-state index is 14.2. The summed E-state index contributed by atoms with van der Waals surface area (Å²) in [6.45, 7) is 4.24. The lowest BCUT2D eigenvalue weighted by atomic mass is 9.94. The number of carbonyl (C=O) groups is 1. The number of nitrogens with zero attached hydrogens (tertiary/aromatic N) is 2. The zero-order valence-electron chi connectivity index (χ0n) is 24.2. The van der Waals surface area contributed by atoms with Gasteiger partial charge in [0, 0.05) is 5.56 Å². The van der Waals surface area contributed by atoms with Gasteiger partial charge in [0.2, 0.25) is 0 Å². The van der Waals surface area contributed by atoms with Crippen molar-refractivity contribution in [1.82, 2.24) is 4.57 Å². The van der Waals surface area contributed by atoms with Gasteiger partial charge >= 0.3 is 5.97 Å². The van der Waals surface area contributed by atoms with Crippen molar-refractivity contribution in [2.45, 2.75) is 39.3 Å². The molecule has 228 valence electrons. The van der Waals surface area contributed by atoms with E-state index in [4.69, 9.17) is 42.4 Å². The van der Waals surface area contributed by atoms with Crippen molar-refractivity contribution in [3.8, 4) is 11.5 Å². The highest BCUT2D eigenvalue weighted by molar-refractivity contribution is 9.10. The zero-order chi connectivity index (χ0) is 31.4. The van der Waals surface area contributed by atoms with Crippen molar-refractivity contribution in [3.63, 3.8) is 0 Å². The molecule has 0 saturated carbocycles. The molecular weight excluding hydrogens is 687 g/mol. The third kappa shape index (κ3) is 6.66. The molecular formula is C33H29BrCl2N2O5S. The fourth-order valence-electron chi connectivity index (χ4n) is 4.95. The minimum Gasteiger partial charge on any atom is -0.496 e. The number of benzene rings is 3. The number of para-hydroxylation sites is 1. The summed E-state index contributed by atoms with van der Waals surface area (Å²) in [5.41, 5.74) is 3.00. The lowest BCUT2D eigenvalue weighted by Crippen LogP contribution is -2.40. The number of rotatable bonds is 10. The lowest BCUT2D eigenvalue weighted by Gasteiger charge is -2.26. The van der Waals surface area contributed by atoms with E-state index in [0.29, 0.717) is 53.0 Å². The van der Waals surface area contributed by atoms with Gasteiger partial charge in [-0.1, -0.05) is 78.2 Å². The number of halogens is 3. The first-order valence-corrected chi connectivity index (χ1v) is 16.3. The summed E-state index contributed by atoms with van der Waals surface area (Å²) in [7, 11) is 1.58. The summed E-state index contributed by atoms with van der Waals surface area (Å²) in [4.78, 5) is 32.9. The fraction of sp³-hybridized carbons (Fsp3) is 0.242. The summed E-state index contributed by atoms with van der Waals surface area (Å²) >= 11 is 17.1. The van der Waals surface area contributed by atoms with E-state index < -0.39 is 12.0 Å². The van der Waals surface area contributed by atoms with Crippen molar-refractivity contribution in [2.24, 2.45) is 4.99 Å². The predicted molar refractivity (Wildman–Crippen MR) is 178 cm³/mol. The molecule has 0 fully saturated rings. The van der Waals surface area contributed by atoms with Crippen molar-refractivity contribution in [1.29, 1.82) is 0 Å². The van der Waals surface area contributed by atoms with Crippen molar-refractivity contribution >= 4 is 62.5 Å². The predicted octanol–water partition coefficient (Wildman–Crippen LogP) is 7.24. The van der Waals surface area contributed by atoms with Crippen LogP contribution in [0.3, 0.4) is 0 Å². The number of ether oxygens (including phenoxy) is 3. The Hall–Kier alpha value is -3.37. The Morgan fingerprint density at radius 1 is 1.07 bits per heavy atom. The molecule has 2 heterocycles. The lowest BCUT2D eigenvalue weighted by molar-refractivity contribution is -0.139. The molecule has 0 radical (unpaired) electrons. The van der Waals surface area contributed by atoms with Gasteiger partial charge in [0.15, 0.2) is 4.80 Å². The van der Waals surface area contributed by atoms with Gasteiger partial charge in [0.25, 0.3) is 5.56 Å². The topological polar surface area (TPSA) is 79.1 Å². The molecule has 0 amide bonds. The second-order valence-corrected chi connectivity index (χ2v) is 12.6. The first-order chi connectivity index (χ1) is 21.2. The Bertz CT molecular complexity index is 1930. The second kappa shape index (κ2) is 14.2. The van der Waals surface area contributed by atoms with Crippen LogP contribution < -0.4 is 24.4 Å². The summed E-state index contributed by atoms with van der Waals surface area (Å²) < 4.78 is 19.8. The molecule has 0 saturated heterocycles. The van der Waals surface area contributed by atoms with Crippen LogP contribution in [0.25, 0.3) is 6.08 Å². The number of methoxy groups -OCH3 is 1. The van der Waals surface area contributed by atoms with E-state index in [2.05, 4.69) is 15.9 Å². The van der Waals surface area contributed by atoms with Gasteiger partial charge in [-0.15, -0.1) is 0 Å². The number of thiazole rings is 1. The number of allylic oxidation sites excluding steroid dienone is 1. The number of carbonyl (C=O) groups excluding carboxylic acids is 1. The molecule has 1 atom stereocenters. The SMILES string of the molecule is CCCC1=C(C(=O)OCC)[C@@H](c2ccc(OC)c(Br)c2)n2c(s/c(=C\c3ccccc3OCc3ccc(Cl)c(Cl)c3)c2=O)=N1. The fourth-order valence-corrected chi connectivity index (χ4v) is 6.84. The third-order valence-corrected chi connectivity index (χ3v) is 9.31. The van der Waals surface area contributed by atoms with Crippen LogP contribution in [0.2, 0.25) is 10.0 Å². The van der Waals surface area contributed by atoms with Gasteiger partial charge in [-0.2, -0.15) is 0 Å². The summed E-state index contributed by atoms with van der Waals surface area (Å²) in [6.07, 6.45) is 3.11. The Morgan fingerprint density at radius 3 is 2.57 bits per heavy atom. The summed E-state index contributed by atoms with van der Waals surface area (Å²) in [6, 6.07) is 17.6. The average Bonchev–Trinajstić information content (AvgIpc) is 3.32. The maximum atomic E-state index is 14.2. The van der Waals surface area contributed by atoms with Crippen molar-refractivity contribution < 1.29 is 19.0 Å². The van der Waals surface area contributed by atoms with Gasteiger partial charge in [-0.25, -0.2) is 9.79 Å². The van der Waals surface area contributed by atoms with E-state index in [1.165, 1.54) is 11.3 Å². The van der Waals surface area contributed by atoms with Crippen LogP contribution in [0.4, 0.5) is 0 Å². The molecule has 7 nitrogen and oxygen atoms in total. The highest BCUT2D eigenvalue weighted by Crippen LogP contribution is 2.36. The van der Waals surface area contributed by atoms with Gasteiger partial charge in [0.05, 0.1) is 50.1 Å². The monoisotopic (exact) mass is 714 g/mol. The number of esters is 1. The van der Waals surface area contributed by atoms with E-state index >= 15 is 0 Å². The van der Waals surface area contributed by atoms with Crippen LogP contribution in [0.5, 0.6) is 11.5 Å². The van der Waals surface area contributed by atoms with Gasteiger partial charge in [-0.05, 0) is 76.8 Å². The average molecular weight is 716 g/mol. The molecule has 1 aliphatic heterocycles. The number of hydrogen-bond acceptors (Lipinski definition) is 7. The molecule has 0 bridgehead atoms. The van der Waals surface area contributed by atoms with E-state index in [-0.39, 0.29) is 18.8 Å². The highest BCUT2D eigenvalue weighted by atomic mass is 79.9. The van der Waals surface area contributed by atoms with Crippen LogP contribution in [0.15, 0.2) is 86.2 Å². The van der Waals surface area contributed by atoms with Crippen LogP contribution in [-0.2, 0) is 16.1 Å². The Balaban J connectivity index is 1.63. The van der Waals surface area contributed by atoms with E-state index in [1.807, 2.05) is 49.4 Å². The van der Waals surface area contributed by atoms with Crippen molar-refractivity contribution in [2.75, 3.05) is 13.7 Å². The van der Waals surface area contributed by atoms with Gasteiger partial charge in [-0.3, -0.25) is 9.36 Å². The minimum atomic E-state index is -0.739. The Labute approximate surface area is 277 Å². The van der Waals surface area contributed by atoms with Gasteiger partial charge in [0.1, 0.15) is 18.1 Å². The van der Waals surface area contributed by atoms with E-state index in [0.717, 1.165) is 23.1 Å². The molecule has 44 heavy (non-hydrogen) atoms. The molecule has 0 N–H and O–H groups in total. The second-order valence-electron chi connectivity index (χ2n) is 9.88. The molecule has 0 unspecified atom stereocenters. The Morgan fingerprint density at radius 2 is 1.86 bits per heavy atom. The third-order valence-electron chi connectivity index (χ3n) is 6.97. The molecule has 5 rings (SSSR count). The van der Waals surface area contributed by atoms with Gasteiger partial charge < -0.3 is 14.2 Å². The van der Waals surface area contributed by atoms with Crippen LogP contribution in [0.1, 0.15) is 49.4 Å². The summed E-state index contributed by atoms with van der Waals surface area (Å²) in [5, 5.41) is 0.921. The zero-order valence-corrected chi connectivity index (χ0v) is 28.1. The first-order valence-electron chi connectivity index (χ1n) is 14.0. The van der Waals surface area contributed by atoms with Crippen LogP contribution >= 0.6 is 50.5 Å². The van der Waals surface area contributed by atoms with Crippen molar-refractivity contribution in [3.05, 3.63) is 123 Å².